The van der Waals surface area contributed by atoms with E-state index in [0.717, 1.165) is 29.7 Å². The molecule has 2 heterocycles. The molecule has 2 unspecified atom stereocenters. The van der Waals surface area contributed by atoms with Crippen LogP contribution in [0.4, 0.5) is 24.5 Å². The van der Waals surface area contributed by atoms with Gasteiger partial charge in [-0.05, 0) is 43.1 Å². The molecule has 2 atom stereocenters. The van der Waals surface area contributed by atoms with Crippen LogP contribution in [0.1, 0.15) is 34.6 Å². The van der Waals surface area contributed by atoms with Crippen LogP contribution < -0.4 is 16.0 Å². The minimum Gasteiger partial charge on any atom is -0.381 e. The predicted octanol–water partition coefficient (Wildman–Crippen LogP) is 4.50. The van der Waals surface area contributed by atoms with Crippen LogP contribution in [-0.4, -0.2) is 19.1 Å². The fourth-order valence-corrected chi connectivity index (χ4v) is 4.01. The van der Waals surface area contributed by atoms with E-state index < -0.39 is 11.7 Å². The summed E-state index contributed by atoms with van der Waals surface area (Å²) < 4.78 is 40.9. The van der Waals surface area contributed by atoms with E-state index in [2.05, 4.69) is 16.0 Å². The fourth-order valence-electron chi connectivity index (χ4n) is 4.01. The number of halogens is 3. The normalized spacial score (nSPS) is 21.7. The lowest BCUT2D eigenvalue weighted by molar-refractivity contribution is -0.136. The smallest absolute Gasteiger partial charge is 0.381 e. The van der Waals surface area contributed by atoms with Crippen LogP contribution >= 0.6 is 0 Å². The Labute approximate surface area is 151 Å². The van der Waals surface area contributed by atoms with Gasteiger partial charge in [0, 0.05) is 30.7 Å². The van der Waals surface area contributed by atoms with Crippen molar-refractivity contribution in [3.05, 3.63) is 58.7 Å². The van der Waals surface area contributed by atoms with Crippen LogP contribution in [0.15, 0.2) is 36.4 Å². The summed E-state index contributed by atoms with van der Waals surface area (Å²) in [5.74, 6) is 0.0839. The number of anilines is 2. The van der Waals surface area contributed by atoms with E-state index >= 15 is 0 Å². The molecule has 6 heteroatoms. The Hall–Kier alpha value is -2.21. The van der Waals surface area contributed by atoms with Crippen molar-refractivity contribution in [1.29, 1.82) is 0 Å². The molecule has 1 fully saturated rings. The van der Waals surface area contributed by atoms with Crippen molar-refractivity contribution in [2.24, 2.45) is 0 Å². The molecular weight excluding hydrogens is 339 g/mol. The summed E-state index contributed by atoms with van der Waals surface area (Å²) in [6.07, 6.45) is -3.54. The van der Waals surface area contributed by atoms with E-state index in [-0.39, 0.29) is 17.6 Å². The molecule has 3 nitrogen and oxygen atoms in total. The Kier molecular flexibility index (Phi) is 4.31. The zero-order chi connectivity index (χ0) is 18.3. The summed E-state index contributed by atoms with van der Waals surface area (Å²) in [5.41, 5.74) is 3.16. The molecule has 3 N–H and O–H groups in total. The molecule has 4 rings (SSSR count). The number of piperidine rings is 1. The highest BCUT2D eigenvalue weighted by molar-refractivity contribution is 5.71. The first-order chi connectivity index (χ1) is 12.4. The molecule has 0 spiro atoms. The van der Waals surface area contributed by atoms with Gasteiger partial charge in [0.2, 0.25) is 0 Å². The fraction of sp³-hybridized carbons (Fsp3) is 0.400. The van der Waals surface area contributed by atoms with Crippen molar-refractivity contribution in [2.75, 3.05) is 23.7 Å². The topological polar surface area (TPSA) is 36.1 Å². The molecule has 138 valence electrons. The van der Waals surface area contributed by atoms with Crippen LogP contribution in [0.5, 0.6) is 0 Å². The summed E-state index contributed by atoms with van der Waals surface area (Å²) in [4.78, 5) is 0. The summed E-state index contributed by atoms with van der Waals surface area (Å²) in [5, 5.41) is 9.61. The first kappa shape index (κ1) is 17.2. The minimum absolute atomic E-state index is 0.0828. The Morgan fingerprint density at radius 1 is 1.19 bits per heavy atom. The van der Waals surface area contributed by atoms with Crippen LogP contribution in [0.3, 0.4) is 0 Å². The van der Waals surface area contributed by atoms with Gasteiger partial charge in [0.25, 0.3) is 0 Å². The number of hydrogen-bond acceptors (Lipinski definition) is 3. The molecule has 26 heavy (non-hydrogen) atoms. The lowest BCUT2D eigenvalue weighted by Gasteiger charge is -2.26. The van der Waals surface area contributed by atoms with Gasteiger partial charge in [-0.1, -0.05) is 29.8 Å². The second kappa shape index (κ2) is 6.50. The molecule has 2 aromatic rings. The van der Waals surface area contributed by atoms with Gasteiger partial charge in [0.05, 0.1) is 11.3 Å². The maximum Gasteiger partial charge on any atom is 0.418 e. The van der Waals surface area contributed by atoms with Gasteiger partial charge < -0.3 is 16.0 Å². The van der Waals surface area contributed by atoms with E-state index in [0.29, 0.717) is 18.8 Å². The molecule has 2 aliphatic rings. The summed E-state index contributed by atoms with van der Waals surface area (Å²) in [7, 11) is 0. The summed E-state index contributed by atoms with van der Waals surface area (Å²) in [6.45, 7) is 4.05. The number of fused-ring (bicyclic) bond motifs is 3. The number of alkyl halides is 3. The van der Waals surface area contributed by atoms with Crippen LogP contribution in [0.25, 0.3) is 0 Å². The minimum atomic E-state index is -4.38. The van der Waals surface area contributed by atoms with E-state index in [1.165, 1.54) is 6.07 Å². The maximum absolute atomic E-state index is 13.6. The van der Waals surface area contributed by atoms with Gasteiger partial charge in [-0.2, -0.15) is 13.2 Å². The number of benzene rings is 2. The van der Waals surface area contributed by atoms with Crippen molar-refractivity contribution in [3.8, 4) is 0 Å². The van der Waals surface area contributed by atoms with E-state index in [9.17, 15) is 13.2 Å². The van der Waals surface area contributed by atoms with E-state index in [4.69, 9.17) is 0 Å². The van der Waals surface area contributed by atoms with Crippen LogP contribution in [-0.2, 0) is 12.7 Å². The monoisotopic (exact) mass is 361 g/mol. The SMILES string of the molecule is Cc1cccc(CNc2cc3c(c(C(F)(F)F)c2)NC2CCNCC32)c1. The lowest BCUT2D eigenvalue weighted by atomic mass is 9.89. The summed E-state index contributed by atoms with van der Waals surface area (Å²) in [6, 6.07) is 11.2. The van der Waals surface area contributed by atoms with Gasteiger partial charge in [-0.25, -0.2) is 0 Å². The van der Waals surface area contributed by atoms with Crippen molar-refractivity contribution < 1.29 is 13.2 Å². The Bertz CT molecular complexity index is 816. The number of hydrogen-bond donors (Lipinski definition) is 3. The first-order valence-corrected chi connectivity index (χ1v) is 8.93. The Morgan fingerprint density at radius 2 is 2.04 bits per heavy atom. The predicted molar refractivity (Wildman–Crippen MR) is 97.6 cm³/mol. The van der Waals surface area contributed by atoms with Gasteiger partial charge in [-0.3, -0.25) is 0 Å². The number of rotatable bonds is 3. The van der Waals surface area contributed by atoms with Crippen molar-refractivity contribution in [1.82, 2.24) is 5.32 Å². The molecule has 2 aromatic carbocycles. The van der Waals surface area contributed by atoms with Crippen molar-refractivity contribution >= 4 is 11.4 Å². The van der Waals surface area contributed by atoms with Crippen LogP contribution in [0.2, 0.25) is 0 Å². The molecule has 0 bridgehead atoms. The van der Waals surface area contributed by atoms with Gasteiger partial charge in [0.15, 0.2) is 0 Å². The zero-order valence-corrected chi connectivity index (χ0v) is 14.6. The molecule has 2 aliphatic heterocycles. The summed E-state index contributed by atoms with van der Waals surface area (Å²) >= 11 is 0. The molecule has 1 saturated heterocycles. The molecule has 0 radical (unpaired) electrons. The average Bonchev–Trinajstić information content (AvgIpc) is 2.97. The van der Waals surface area contributed by atoms with Crippen molar-refractivity contribution in [3.63, 3.8) is 0 Å². The molecule has 0 aromatic heterocycles. The molecule has 0 aliphatic carbocycles. The standard InChI is InChI=1S/C20H22F3N3/c1-12-3-2-4-13(7-12)10-25-14-8-15-16-11-24-6-5-18(16)26-19(15)17(9-14)20(21,22)23/h2-4,7-9,16,18,24-26H,5-6,10-11H2,1H3. The third kappa shape index (κ3) is 3.26. The Balaban J connectivity index is 1.66. The second-order valence-corrected chi connectivity index (χ2v) is 7.18. The van der Waals surface area contributed by atoms with Gasteiger partial charge in [0.1, 0.15) is 0 Å². The third-order valence-electron chi connectivity index (χ3n) is 5.26. The number of aryl methyl sites for hydroxylation is 1. The average molecular weight is 361 g/mol. The van der Waals surface area contributed by atoms with E-state index in [1.807, 2.05) is 37.3 Å². The highest BCUT2D eigenvalue weighted by Crippen LogP contribution is 2.47. The van der Waals surface area contributed by atoms with Gasteiger partial charge >= 0.3 is 6.18 Å². The molecule has 0 amide bonds. The zero-order valence-electron chi connectivity index (χ0n) is 14.6. The maximum atomic E-state index is 13.6. The largest absolute Gasteiger partial charge is 0.418 e. The Morgan fingerprint density at radius 3 is 2.81 bits per heavy atom. The third-order valence-corrected chi connectivity index (χ3v) is 5.26. The highest BCUT2D eigenvalue weighted by atomic mass is 19.4. The number of nitrogens with one attached hydrogen (secondary N) is 3. The van der Waals surface area contributed by atoms with E-state index in [1.54, 1.807) is 0 Å². The second-order valence-electron chi connectivity index (χ2n) is 7.18. The molecule has 0 saturated carbocycles. The molecular formula is C20H22F3N3. The first-order valence-electron chi connectivity index (χ1n) is 8.93. The van der Waals surface area contributed by atoms with Gasteiger partial charge in [-0.15, -0.1) is 0 Å². The quantitative estimate of drug-likeness (QED) is 0.754. The highest BCUT2D eigenvalue weighted by Gasteiger charge is 2.42. The van der Waals surface area contributed by atoms with Crippen LogP contribution in [0, 0.1) is 6.92 Å². The van der Waals surface area contributed by atoms with Crippen molar-refractivity contribution in [2.45, 2.75) is 38.0 Å². The lowest BCUT2D eigenvalue weighted by Crippen LogP contribution is -2.38.